The number of hydrogen-bond acceptors (Lipinski definition) is 5. The number of halogens is 2. The number of rotatable bonds is 8. The number of imidazole rings is 1. The first-order chi connectivity index (χ1) is 20.8. The van der Waals surface area contributed by atoms with Gasteiger partial charge in [-0.05, 0) is 60.0 Å². The lowest BCUT2D eigenvalue weighted by Gasteiger charge is -2.27. The van der Waals surface area contributed by atoms with E-state index in [1.54, 1.807) is 30.3 Å². The molecule has 2 atom stereocenters. The molecule has 1 saturated heterocycles. The minimum atomic E-state index is -1.29. The first kappa shape index (κ1) is 27.4. The van der Waals surface area contributed by atoms with Crippen molar-refractivity contribution < 1.29 is 28.5 Å². The summed E-state index contributed by atoms with van der Waals surface area (Å²) in [5, 5.41) is 9.83. The van der Waals surface area contributed by atoms with Gasteiger partial charge in [0.25, 0.3) is 5.79 Å². The topological polar surface area (TPSA) is 82.8 Å². The number of carboxylic acids is 1. The first-order valence-electron chi connectivity index (χ1n) is 14.2. The summed E-state index contributed by atoms with van der Waals surface area (Å²) in [5.41, 5.74) is 4.87. The van der Waals surface area contributed by atoms with Crippen LogP contribution in [0.25, 0.3) is 22.2 Å². The van der Waals surface area contributed by atoms with E-state index in [4.69, 9.17) is 30.8 Å². The minimum Gasteiger partial charge on any atom is -0.478 e. The number of nitrogens with zero attached hydrogens (tertiary/aromatic N) is 2. The molecule has 9 heteroatoms. The van der Waals surface area contributed by atoms with Crippen molar-refractivity contribution in [3.8, 4) is 22.6 Å². The monoisotopic (exact) mass is 598 g/mol. The highest BCUT2D eigenvalue weighted by molar-refractivity contribution is 6.30. The molecule has 0 amide bonds. The highest BCUT2D eigenvalue weighted by Crippen LogP contribution is 2.51. The Balaban J connectivity index is 1.18. The van der Waals surface area contributed by atoms with Gasteiger partial charge in [-0.1, -0.05) is 54.9 Å². The molecule has 3 heterocycles. The van der Waals surface area contributed by atoms with Gasteiger partial charge in [0, 0.05) is 30.0 Å². The number of hydrogen-bond donors (Lipinski definition) is 1. The van der Waals surface area contributed by atoms with Gasteiger partial charge in [-0.25, -0.2) is 14.2 Å². The average molecular weight is 599 g/mol. The second-order valence-corrected chi connectivity index (χ2v) is 11.3. The quantitative estimate of drug-likeness (QED) is 0.198. The molecule has 4 aromatic carbocycles. The van der Waals surface area contributed by atoms with Gasteiger partial charge in [0.1, 0.15) is 11.6 Å². The lowest BCUT2D eigenvalue weighted by molar-refractivity contribution is -0.0914. The van der Waals surface area contributed by atoms with Gasteiger partial charge in [0.2, 0.25) is 0 Å². The van der Waals surface area contributed by atoms with Crippen molar-refractivity contribution in [2.24, 2.45) is 0 Å². The van der Waals surface area contributed by atoms with E-state index in [-0.39, 0.29) is 11.7 Å². The van der Waals surface area contributed by atoms with Crippen molar-refractivity contribution in [3.05, 3.63) is 112 Å². The Morgan fingerprint density at radius 2 is 1.91 bits per heavy atom. The predicted octanol–water partition coefficient (Wildman–Crippen LogP) is 7.61. The van der Waals surface area contributed by atoms with Crippen LogP contribution in [-0.2, 0) is 23.5 Å². The first-order valence-corrected chi connectivity index (χ1v) is 14.6. The van der Waals surface area contributed by atoms with Crippen LogP contribution in [0.4, 0.5) is 4.39 Å². The van der Waals surface area contributed by atoms with Gasteiger partial charge in [0.05, 0.1) is 34.8 Å². The Morgan fingerprint density at radius 3 is 2.60 bits per heavy atom. The summed E-state index contributed by atoms with van der Waals surface area (Å²) in [6.45, 7) is 3.25. The largest absolute Gasteiger partial charge is 0.478 e. The molecule has 2 aliphatic rings. The van der Waals surface area contributed by atoms with Gasteiger partial charge < -0.3 is 23.9 Å². The van der Waals surface area contributed by atoms with E-state index in [9.17, 15) is 14.3 Å². The molecule has 5 aromatic rings. The Kier molecular flexibility index (Phi) is 6.83. The van der Waals surface area contributed by atoms with Gasteiger partial charge in [-0.15, -0.1) is 0 Å². The van der Waals surface area contributed by atoms with Crippen molar-refractivity contribution in [2.75, 3.05) is 6.61 Å². The van der Waals surface area contributed by atoms with Crippen molar-refractivity contribution in [2.45, 2.75) is 44.6 Å². The lowest BCUT2D eigenvalue weighted by Crippen LogP contribution is -2.35. The molecule has 218 valence electrons. The molecule has 0 aliphatic carbocycles. The van der Waals surface area contributed by atoms with Gasteiger partial charge in [0.15, 0.2) is 11.5 Å². The number of ether oxygens (including phenoxy) is 3. The second kappa shape index (κ2) is 10.7. The molecular weight excluding hydrogens is 571 g/mol. The number of aromatic nitrogens is 2. The predicted molar refractivity (Wildman–Crippen MR) is 160 cm³/mol. The van der Waals surface area contributed by atoms with Crippen LogP contribution in [-0.4, -0.2) is 33.3 Å². The van der Waals surface area contributed by atoms with E-state index in [0.717, 1.165) is 46.6 Å². The summed E-state index contributed by atoms with van der Waals surface area (Å²) >= 11 is 5.99. The maximum Gasteiger partial charge on any atom is 0.335 e. The summed E-state index contributed by atoms with van der Waals surface area (Å²) in [6.07, 6.45) is 2.00. The number of fused-ring (bicyclic) bond motifs is 2. The zero-order chi connectivity index (χ0) is 29.7. The Hall–Kier alpha value is -4.40. The van der Waals surface area contributed by atoms with Crippen LogP contribution in [0, 0.1) is 5.82 Å². The molecule has 1 fully saturated rings. The summed E-state index contributed by atoms with van der Waals surface area (Å²) in [7, 11) is 0. The van der Waals surface area contributed by atoms with Crippen LogP contribution in [0.5, 0.6) is 11.5 Å². The molecule has 7 rings (SSSR count). The van der Waals surface area contributed by atoms with Crippen molar-refractivity contribution >= 4 is 28.6 Å². The fraction of sp³-hybridized carbons (Fsp3) is 0.235. The van der Waals surface area contributed by atoms with Crippen molar-refractivity contribution in [3.63, 3.8) is 0 Å². The molecule has 43 heavy (non-hydrogen) atoms. The van der Waals surface area contributed by atoms with Crippen LogP contribution in [0.1, 0.15) is 47.1 Å². The number of para-hydroxylation sites is 1. The highest BCUT2D eigenvalue weighted by atomic mass is 35.5. The standard InChI is InChI=1S/C34H28ClFN2O5/c1-2-34(26-12-11-23(35)18-27(26)36)42-30-5-3-4-25(32(30)43-34)21-8-6-20(7-9-21)16-31-37-28-13-10-22(33(39)40)17-29(28)38(31)19-24-14-15-41-24/h3-13,17-18,24H,2,14-16,19H2,1H3,(H,39,40)/t24-,34?/m0/s1. The van der Waals surface area contributed by atoms with Crippen LogP contribution < -0.4 is 9.47 Å². The van der Waals surface area contributed by atoms with Crippen LogP contribution in [0.15, 0.2) is 78.9 Å². The summed E-state index contributed by atoms with van der Waals surface area (Å²) in [5.74, 6) is -0.800. The van der Waals surface area contributed by atoms with E-state index in [1.807, 2.05) is 49.4 Å². The van der Waals surface area contributed by atoms with E-state index < -0.39 is 17.6 Å². The van der Waals surface area contributed by atoms with Gasteiger partial charge >= 0.3 is 5.97 Å². The number of aromatic carboxylic acids is 1. The van der Waals surface area contributed by atoms with E-state index in [1.165, 1.54) is 6.07 Å². The van der Waals surface area contributed by atoms with Crippen LogP contribution >= 0.6 is 11.6 Å². The maximum absolute atomic E-state index is 15.0. The number of benzene rings is 4. The van der Waals surface area contributed by atoms with Crippen molar-refractivity contribution in [1.82, 2.24) is 9.55 Å². The SMILES string of the molecule is CCC1(c2ccc(Cl)cc2F)Oc2cccc(-c3ccc(Cc4nc5ccc(C(=O)O)cc5n4C[C@@H]4CCO4)cc3)c2O1. The summed E-state index contributed by atoms with van der Waals surface area (Å²) in [4.78, 5) is 16.5. The van der Waals surface area contributed by atoms with Crippen molar-refractivity contribution in [1.29, 1.82) is 0 Å². The Bertz CT molecular complexity index is 1870. The molecule has 1 N–H and O–H groups in total. The normalized spacial score (nSPS) is 19.0. The third-order valence-electron chi connectivity index (χ3n) is 8.21. The maximum atomic E-state index is 15.0. The number of carbonyl (C=O) groups is 1. The highest BCUT2D eigenvalue weighted by Gasteiger charge is 2.45. The summed E-state index contributed by atoms with van der Waals surface area (Å²) in [6, 6.07) is 23.3. The molecule has 0 radical (unpaired) electrons. The zero-order valence-electron chi connectivity index (χ0n) is 23.3. The zero-order valence-corrected chi connectivity index (χ0v) is 24.1. The van der Waals surface area contributed by atoms with E-state index in [0.29, 0.717) is 41.5 Å². The van der Waals surface area contributed by atoms with E-state index in [2.05, 4.69) is 4.57 Å². The average Bonchev–Trinajstić information content (AvgIpc) is 3.53. The van der Waals surface area contributed by atoms with Gasteiger partial charge in [-0.3, -0.25) is 0 Å². The van der Waals surface area contributed by atoms with E-state index >= 15 is 0 Å². The van der Waals surface area contributed by atoms with Crippen LogP contribution in [0.2, 0.25) is 5.02 Å². The smallest absolute Gasteiger partial charge is 0.335 e. The molecule has 1 aromatic heterocycles. The van der Waals surface area contributed by atoms with Crippen LogP contribution in [0.3, 0.4) is 0 Å². The summed E-state index contributed by atoms with van der Waals surface area (Å²) < 4.78 is 35.4. The Labute approximate surface area is 252 Å². The second-order valence-electron chi connectivity index (χ2n) is 10.9. The van der Waals surface area contributed by atoms with Gasteiger partial charge in [-0.2, -0.15) is 0 Å². The number of carboxylic acid groups (broad SMARTS) is 1. The molecule has 0 saturated carbocycles. The molecular formula is C34H28ClFN2O5. The third-order valence-corrected chi connectivity index (χ3v) is 8.44. The molecule has 7 nitrogen and oxygen atoms in total. The minimum absolute atomic E-state index is 0.0889. The molecule has 0 bridgehead atoms. The fourth-order valence-electron chi connectivity index (χ4n) is 5.80. The molecule has 1 unspecified atom stereocenters. The third kappa shape index (κ3) is 4.90. The molecule has 2 aliphatic heterocycles. The Morgan fingerprint density at radius 1 is 1.09 bits per heavy atom. The lowest BCUT2D eigenvalue weighted by atomic mass is 10.0. The fourth-order valence-corrected chi connectivity index (χ4v) is 5.96. The molecule has 0 spiro atoms.